The van der Waals surface area contributed by atoms with Gasteiger partial charge in [-0.25, -0.2) is 9.37 Å². The molecule has 2 atom stereocenters. The number of hydrogen-bond acceptors (Lipinski definition) is 4. The first-order valence-corrected chi connectivity index (χ1v) is 8.76. The van der Waals surface area contributed by atoms with E-state index in [1.807, 2.05) is 0 Å². The Morgan fingerprint density at radius 3 is 2.83 bits per heavy atom. The Bertz CT molecular complexity index is 957. The number of pyridine rings is 1. The van der Waals surface area contributed by atoms with Gasteiger partial charge < -0.3 is 14.4 Å². The van der Waals surface area contributed by atoms with Crippen molar-refractivity contribution < 1.29 is 37.2 Å². The Hall–Kier alpha value is -2.49. The standard InChI is InChI=1S/C19H16F6N2O2/c20-14-5-1-4-13-12(14)3-2-6-18(13)9-28-10-27(18)16-15(29-17(21)22)7-11(8-26-16)19(23,24)25/h1,4-5,7-8,17H,2-3,6,9-10H2/i10D/t10-,18?/m0/s1. The molecule has 1 saturated heterocycles. The van der Waals surface area contributed by atoms with Crippen molar-refractivity contribution in [2.75, 3.05) is 18.2 Å². The molecule has 4 nitrogen and oxygen atoms in total. The Morgan fingerprint density at radius 1 is 1.31 bits per heavy atom. The molecule has 0 bridgehead atoms. The van der Waals surface area contributed by atoms with Gasteiger partial charge in [0.2, 0.25) is 0 Å². The lowest BCUT2D eigenvalue weighted by Crippen LogP contribution is -2.46. The Labute approximate surface area is 163 Å². The van der Waals surface area contributed by atoms with Crippen molar-refractivity contribution in [3.05, 3.63) is 53.0 Å². The summed E-state index contributed by atoms with van der Waals surface area (Å²) in [5.74, 6) is -1.67. The highest BCUT2D eigenvalue weighted by molar-refractivity contribution is 5.59. The van der Waals surface area contributed by atoms with Crippen molar-refractivity contribution >= 4 is 5.82 Å². The molecule has 1 aromatic carbocycles. The van der Waals surface area contributed by atoms with Crippen LogP contribution < -0.4 is 9.64 Å². The SMILES string of the molecule is [2H][C@@H]1OCC2(CCCc3c(F)cccc32)N1c1ncc(C(F)(F)F)cc1OC(F)F. The van der Waals surface area contributed by atoms with Crippen LogP contribution in [0.2, 0.25) is 0 Å². The monoisotopic (exact) mass is 419 g/mol. The van der Waals surface area contributed by atoms with Crippen LogP contribution in [0.5, 0.6) is 5.75 Å². The molecule has 1 aliphatic carbocycles. The summed E-state index contributed by atoms with van der Waals surface area (Å²) in [5.41, 5.74) is -1.52. The quantitative estimate of drug-likeness (QED) is 0.666. The highest BCUT2D eigenvalue weighted by Crippen LogP contribution is 2.48. The second-order valence-electron chi connectivity index (χ2n) is 6.86. The molecular formula is C19H16F6N2O2. The van der Waals surface area contributed by atoms with E-state index in [0.717, 1.165) is 0 Å². The van der Waals surface area contributed by atoms with Crippen LogP contribution in [0.4, 0.5) is 32.2 Å². The predicted octanol–water partition coefficient (Wildman–Crippen LogP) is 4.87. The number of fused-ring (bicyclic) bond motifs is 2. The lowest BCUT2D eigenvalue weighted by Gasteiger charge is -2.42. The topological polar surface area (TPSA) is 34.6 Å². The maximum atomic E-state index is 14.4. The van der Waals surface area contributed by atoms with Crippen molar-refractivity contribution in [2.24, 2.45) is 0 Å². The summed E-state index contributed by atoms with van der Waals surface area (Å²) in [6.07, 6.45) is -3.03. The Balaban J connectivity index is 1.88. The van der Waals surface area contributed by atoms with Gasteiger partial charge in [0.25, 0.3) is 0 Å². The fourth-order valence-corrected chi connectivity index (χ4v) is 3.97. The van der Waals surface area contributed by atoms with E-state index in [9.17, 15) is 26.3 Å². The zero-order valence-corrected chi connectivity index (χ0v) is 14.8. The molecule has 10 heteroatoms. The number of anilines is 1. The molecule has 29 heavy (non-hydrogen) atoms. The fraction of sp³-hybridized carbons (Fsp3) is 0.421. The van der Waals surface area contributed by atoms with Gasteiger partial charge in [-0.2, -0.15) is 22.0 Å². The molecule has 1 fully saturated rings. The first kappa shape index (κ1) is 18.5. The average Bonchev–Trinajstić information content (AvgIpc) is 2.98. The lowest BCUT2D eigenvalue weighted by atomic mass is 9.76. The van der Waals surface area contributed by atoms with E-state index in [1.54, 1.807) is 6.07 Å². The molecule has 1 spiro atoms. The first-order chi connectivity index (χ1) is 14.1. The van der Waals surface area contributed by atoms with Crippen LogP contribution in [0.25, 0.3) is 0 Å². The third-order valence-electron chi connectivity index (χ3n) is 5.21. The van der Waals surface area contributed by atoms with Gasteiger partial charge in [-0.05, 0) is 42.5 Å². The van der Waals surface area contributed by atoms with Crippen LogP contribution in [0.15, 0.2) is 30.5 Å². The second-order valence-corrected chi connectivity index (χ2v) is 6.86. The van der Waals surface area contributed by atoms with Crippen LogP contribution in [-0.4, -0.2) is 24.9 Å². The van der Waals surface area contributed by atoms with Crippen molar-refractivity contribution in [3.8, 4) is 5.75 Å². The third-order valence-corrected chi connectivity index (χ3v) is 5.21. The smallest absolute Gasteiger partial charge is 0.418 e. The van der Waals surface area contributed by atoms with E-state index in [2.05, 4.69) is 9.72 Å². The molecule has 2 aliphatic rings. The van der Waals surface area contributed by atoms with Gasteiger partial charge in [0.1, 0.15) is 12.5 Å². The average molecular weight is 419 g/mol. The van der Waals surface area contributed by atoms with Gasteiger partial charge in [-0.3, -0.25) is 0 Å². The van der Waals surface area contributed by atoms with Gasteiger partial charge in [0.05, 0.1) is 19.1 Å². The zero-order valence-electron chi connectivity index (χ0n) is 15.8. The summed E-state index contributed by atoms with van der Waals surface area (Å²) in [5, 5.41) is 0. The molecule has 156 valence electrons. The predicted molar refractivity (Wildman–Crippen MR) is 90.2 cm³/mol. The minimum Gasteiger partial charge on any atom is -0.431 e. The van der Waals surface area contributed by atoms with Gasteiger partial charge >= 0.3 is 12.8 Å². The molecule has 1 unspecified atom stereocenters. The van der Waals surface area contributed by atoms with Crippen molar-refractivity contribution in [1.82, 2.24) is 4.98 Å². The normalized spacial score (nSPS) is 24.7. The summed E-state index contributed by atoms with van der Waals surface area (Å²) in [6.45, 7) is -4.94. The number of halogens is 6. The lowest BCUT2D eigenvalue weighted by molar-refractivity contribution is -0.138. The third kappa shape index (κ3) is 3.39. The largest absolute Gasteiger partial charge is 0.431 e. The van der Waals surface area contributed by atoms with E-state index in [-0.39, 0.29) is 6.61 Å². The number of benzene rings is 1. The van der Waals surface area contributed by atoms with Crippen LogP contribution >= 0.6 is 0 Å². The number of rotatable bonds is 3. The molecule has 1 aliphatic heterocycles. The number of aromatic nitrogens is 1. The van der Waals surface area contributed by atoms with E-state index in [0.29, 0.717) is 42.7 Å². The molecule has 0 radical (unpaired) electrons. The summed E-state index contributed by atoms with van der Waals surface area (Å²) in [6, 6.07) is 4.83. The van der Waals surface area contributed by atoms with Crippen LogP contribution in [-0.2, 0) is 22.9 Å². The number of hydrogen-bond donors (Lipinski definition) is 0. The van der Waals surface area contributed by atoms with Gasteiger partial charge in [-0.1, -0.05) is 12.1 Å². The van der Waals surface area contributed by atoms with Crippen LogP contribution in [0, 0.1) is 5.82 Å². The fourth-order valence-electron chi connectivity index (χ4n) is 3.97. The maximum absolute atomic E-state index is 14.4. The molecule has 4 rings (SSSR count). The zero-order chi connectivity index (χ0) is 21.7. The Kier molecular flexibility index (Phi) is 4.53. The van der Waals surface area contributed by atoms with E-state index < -0.39 is 48.0 Å². The molecule has 1 aromatic heterocycles. The molecule has 0 amide bonds. The number of alkyl halides is 5. The minimum atomic E-state index is -4.83. The first-order valence-electron chi connectivity index (χ1n) is 9.34. The van der Waals surface area contributed by atoms with Crippen molar-refractivity contribution in [3.63, 3.8) is 0 Å². The number of nitrogens with zero attached hydrogens (tertiary/aromatic N) is 2. The summed E-state index contributed by atoms with van der Waals surface area (Å²) in [4.78, 5) is 4.93. The van der Waals surface area contributed by atoms with Crippen molar-refractivity contribution in [2.45, 2.75) is 37.6 Å². The highest BCUT2D eigenvalue weighted by Gasteiger charge is 2.48. The minimum absolute atomic E-state index is 0.0750. The number of ether oxygens (including phenoxy) is 2. The summed E-state index contributed by atoms with van der Waals surface area (Å²) < 4.78 is 97.6. The molecule has 0 saturated carbocycles. The molecule has 2 aromatic rings. The van der Waals surface area contributed by atoms with Crippen LogP contribution in [0.3, 0.4) is 0 Å². The molecule has 0 N–H and O–H groups in total. The maximum Gasteiger partial charge on any atom is 0.418 e. The highest BCUT2D eigenvalue weighted by atomic mass is 19.4. The summed E-state index contributed by atoms with van der Waals surface area (Å²) in [7, 11) is 0. The van der Waals surface area contributed by atoms with Crippen LogP contribution in [0.1, 0.15) is 30.9 Å². The molecule has 2 heterocycles. The van der Waals surface area contributed by atoms with Gasteiger partial charge in [0, 0.05) is 6.20 Å². The van der Waals surface area contributed by atoms with Crippen molar-refractivity contribution in [1.29, 1.82) is 0 Å². The van der Waals surface area contributed by atoms with E-state index >= 15 is 0 Å². The molecular weight excluding hydrogens is 402 g/mol. The second kappa shape index (κ2) is 7.08. The van der Waals surface area contributed by atoms with Gasteiger partial charge in [0.15, 0.2) is 11.6 Å². The van der Waals surface area contributed by atoms with E-state index in [4.69, 9.17) is 6.11 Å². The summed E-state index contributed by atoms with van der Waals surface area (Å²) >= 11 is 0. The Morgan fingerprint density at radius 2 is 2.10 bits per heavy atom. The van der Waals surface area contributed by atoms with E-state index in [1.165, 1.54) is 17.0 Å². The van der Waals surface area contributed by atoms with Gasteiger partial charge in [-0.15, -0.1) is 0 Å².